The molecule has 0 radical (unpaired) electrons. The zero-order valence-electron chi connectivity index (χ0n) is 13.6. The molecular formula is C16H19BO6. The molecule has 0 bridgehead atoms. The predicted molar refractivity (Wildman–Crippen MR) is 87.5 cm³/mol. The first-order valence-corrected chi connectivity index (χ1v) is 6.91. The number of rotatable bonds is 8. The van der Waals surface area contributed by atoms with Crippen LogP contribution in [-0.4, -0.2) is 36.1 Å². The van der Waals surface area contributed by atoms with Crippen molar-refractivity contribution in [2.45, 2.75) is 0 Å². The molecule has 0 unspecified atom stereocenters. The quantitative estimate of drug-likeness (QED) is 0.697. The zero-order chi connectivity index (χ0) is 16.7. The van der Waals surface area contributed by atoms with E-state index in [0.29, 0.717) is 34.5 Å². The van der Waals surface area contributed by atoms with Crippen LogP contribution in [0.2, 0.25) is 0 Å². The summed E-state index contributed by atoms with van der Waals surface area (Å²) in [5, 5.41) is 0. The van der Waals surface area contributed by atoms with Crippen molar-refractivity contribution < 1.29 is 28.3 Å². The van der Waals surface area contributed by atoms with Crippen LogP contribution < -0.4 is 28.3 Å². The predicted octanol–water partition coefficient (Wildman–Crippen LogP) is 2.45. The lowest BCUT2D eigenvalue weighted by atomic mass is 10.2. The summed E-state index contributed by atoms with van der Waals surface area (Å²) < 4.78 is 32.0. The monoisotopic (exact) mass is 318 g/mol. The maximum absolute atomic E-state index is 5.60. The van der Waals surface area contributed by atoms with Gasteiger partial charge in [0, 0.05) is 12.1 Å². The molecule has 0 aromatic heterocycles. The Morgan fingerprint density at radius 1 is 0.565 bits per heavy atom. The fraction of sp³-hybridized carbons (Fsp3) is 0.250. The molecule has 0 amide bonds. The van der Waals surface area contributed by atoms with Crippen molar-refractivity contribution in [1.29, 1.82) is 0 Å². The minimum absolute atomic E-state index is 0.00533. The molecule has 0 heterocycles. The smallest absolute Gasteiger partial charge is 0.526 e. The molecule has 0 saturated heterocycles. The highest BCUT2D eigenvalue weighted by Gasteiger charge is 2.10. The Balaban J connectivity index is 2.02. The van der Waals surface area contributed by atoms with Crippen LogP contribution in [0, 0.1) is 0 Å². The number of ether oxygens (including phenoxy) is 4. The van der Waals surface area contributed by atoms with Gasteiger partial charge in [-0.25, -0.2) is 0 Å². The van der Waals surface area contributed by atoms with Crippen molar-refractivity contribution in [1.82, 2.24) is 0 Å². The second kappa shape index (κ2) is 8.07. The zero-order valence-corrected chi connectivity index (χ0v) is 13.6. The van der Waals surface area contributed by atoms with Crippen molar-refractivity contribution in [2.24, 2.45) is 0 Å². The van der Waals surface area contributed by atoms with E-state index < -0.39 is 0 Å². The Bertz CT molecular complexity index is 591. The molecule has 0 atom stereocenters. The molecule has 0 aliphatic rings. The van der Waals surface area contributed by atoms with Gasteiger partial charge < -0.3 is 28.3 Å². The van der Waals surface area contributed by atoms with Gasteiger partial charge >= 0.3 is 7.69 Å². The van der Waals surface area contributed by atoms with Gasteiger partial charge in [0.15, 0.2) is 11.5 Å². The molecule has 6 nitrogen and oxygen atoms in total. The van der Waals surface area contributed by atoms with Crippen LogP contribution in [0.4, 0.5) is 0 Å². The minimum atomic E-state index is 0.00533. The maximum atomic E-state index is 5.60. The largest absolute Gasteiger partial charge is 0.576 e. The second-order valence-electron chi connectivity index (χ2n) is 4.44. The molecular weight excluding hydrogens is 299 g/mol. The van der Waals surface area contributed by atoms with Gasteiger partial charge in [-0.15, -0.1) is 0 Å². The first kappa shape index (κ1) is 16.7. The van der Waals surface area contributed by atoms with Gasteiger partial charge in [0.1, 0.15) is 23.0 Å². The average Bonchev–Trinajstić information content (AvgIpc) is 2.61. The lowest BCUT2D eigenvalue weighted by Crippen LogP contribution is -2.12. The van der Waals surface area contributed by atoms with Crippen molar-refractivity contribution >= 4 is 7.69 Å². The third kappa shape index (κ3) is 4.15. The number of hydrogen-bond donors (Lipinski definition) is 0. The van der Waals surface area contributed by atoms with E-state index in [1.165, 1.54) is 0 Å². The van der Waals surface area contributed by atoms with E-state index >= 15 is 0 Å². The molecule has 0 N–H and O–H groups in total. The molecule has 0 saturated carbocycles. The van der Waals surface area contributed by atoms with E-state index in [0.717, 1.165) is 0 Å². The molecule has 7 heteroatoms. The molecule has 0 spiro atoms. The van der Waals surface area contributed by atoms with Crippen LogP contribution in [0.25, 0.3) is 0 Å². The molecule has 2 rings (SSSR count). The van der Waals surface area contributed by atoms with E-state index in [2.05, 4.69) is 0 Å². The van der Waals surface area contributed by atoms with Crippen LogP contribution in [0.5, 0.6) is 34.5 Å². The number of methoxy groups -OCH3 is 4. The summed E-state index contributed by atoms with van der Waals surface area (Å²) in [6.45, 7) is 0. The Morgan fingerprint density at radius 3 is 1.35 bits per heavy atom. The normalized spacial score (nSPS) is 9.74. The summed E-state index contributed by atoms with van der Waals surface area (Å²) in [4.78, 5) is 0. The SMILES string of the molecule is COc1ccc(OBOc2ccc(OC)cc2OC)c(OC)c1. The maximum Gasteiger partial charge on any atom is 0.576 e. The Hall–Kier alpha value is -2.70. The van der Waals surface area contributed by atoms with Crippen LogP contribution in [0.1, 0.15) is 0 Å². The van der Waals surface area contributed by atoms with Crippen LogP contribution in [0.15, 0.2) is 36.4 Å². The van der Waals surface area contributed by atoms with Crippen molar-refractivity contribution in [3.8, 4) is 34.5 Å². The second-order valence-corrected chi connectivity index (χ2v) is 4.44. The van der Waals surface area contributed by atoms with Gasteiger partial charge in [0.05, 0.1) is 28.4 Å². The molecule has 0 fully saturated rings. The first-order valence-electron chi connectivity index (χ1n) is 6.91. The highest BCUT2D eigenvalue weighted by molar-refractivity contribution is 6.21. The summed E-state index contributed by atoms with van der Waals surface area (Å²) in [5.74, 6) is 3.62. The summed E-state index contributed by atoms with van der Waals surface area (Å²) in [6.07, 6.45) is 0. The average molecular weight is 318 g/mol. The standard InChI is InChI=1S/C16H19BO6/c1-18-11-5-7-13(15(9-11)20-3)22-17-23-14-8-6-12(19-2)10-16(14)21-4/h5-10,17H,1-4H3. The Labute approximate surface area is 136 Å². The van der Waals surface area contributed by atoms with E-state index in [4.69, 9.17) is 28.3 Å². The molecule has 23 heavy (non-hydrogen) atoms. The molecule has 0 aliphatic heterocycles. The fourth-order valence-corrected chi connectivity index (χ4v) is 1.94. The number of hydrogen-bond acceptors (Lipinski definition) is 6. The van der Waals surface area contributed by atoms with Crippen molar-refractivity contribution in [3.63, 3.8) is 0 Å². The molecule has 0 aliphatic carbocycles. The Morgan fingerprint density at radius 2 is 1.00 bits per heavy atom. The Kier molecular flexibility index (Phi) is 5.85. The molecule has 122 valence electrons. The van der Waals surface area contributed by atoms with Crippen LogP contribution in [0.3, 0.4) is 0 Å². The third-order valence-corrected chi connectivity index (χ3v) is 3.17. The lowest BCUT2D eigenvalue weighted by molar-refractivity contribution is 0.361. The minimum Gasteiger partial charge on any atom is -0.526 e. The van der Waals surface area contributed by atoms with Crippen molar-refractivity contribution in [2.75, 3.05) is 28.4 Å². The highest BCUT2D eigenvalue weighted by Crippen LogP contribution is 2.33. The van der Waals surface area contributed by atoms with Crippen LogP contribution >= 0.6 is 0 Å². The van der Waals surface area contributed by atoms with Gasteiger partial charge in [0.2, 0.25) is 0 Å². The van der Waals surface area contributed by atoms with Gasteiger partial charge in [-0.3, -0.25) is 0 Å². The summed E-state index contributed by atoms with van der Waals surface area (Å²) in [6, 6.07) is 10.6. The van der Waals surface area contributed by atoms with Gasteiger partial charge in [-0.05, 0) is 24.3 Å². The van der Waals surface area contributed by atoms with E-state index in [-0.39, 0.29) is 7.69 Å². The van der Waals surface area contributed by atoms with Gasteiger partial charge in [-0.1, -0.05) is 0 Å². The summed E-state index contributed by atoms with van der Waals surface area (Å²) in [7, 11) is 6.32. The topological polar surface area (TPSA) is 55.4 Å². The molecule has 2 aromatic rings. The van der Waals surface area contributed by atoms with Gasteiger partial charge in [-0.2, -0.15) is 0 Å². The van der Waals surface area contributed by atoms with Crippen molar-refractivity contribution in [3.05, 3.63) is 36.4 Å². The van der Waals surface area contributed by atoms with E-state index in [9.17, 15) is 0 Å². The third-order valence-electron chi connectivity index (χ3n) is 3.17. The summed E-state index contributed by atoms with van der Waals surface area (Å²) >= 11 is 0. The number of benzene rings is 2. The van der Waals surface area contributed by atoms with Gasteiger partial charge in [0.25, 0.3) is 0 Å². The van der Waals surface area contributed by atoms with Crippen LogP contribution in [-0.2, 0) is 0 Å². The van der Waals surface area contributed by atoms with E-state index in [1.807, 2.05) is 0 Å². The lowest BCUT2D eigenvalue weighted by Gasteiger charge is -2.14. The summed E-state index contributed by atoms with van der Waals surface area (Å²) in [5.41, 5.74) is 0. The van der Waals surface area contributed by atoms with E-state index in [1.54, 1.807) is 64.8 Å². The highest BCUT2D eigenvalue weighted by atomic mass is 16.6. The fourth-order valence-electron chi connectivity index (χ4n) is 1.94. The molecule has 2 aromatic carbocycles. The first-order chi connectivity index (χ1) is 11.2.